The molecule has 2 atom stereocenters. The molecule has 2 N–H and O–H groups in total. The van der Waals surface area contributed by atoms with Crippen molar-refractivity contribution >= 4 is 6.09 Å². The number of likely N-dealkylation sites (tertiary alicyclic amines) is 1. The number of rotatable bonds is 2. The summed E-state index contributed by atoms with van der Waals surface area (Å²) < 4.78 is 5.23. The van der Waals surface area contributed by atoms with E-state index in [2.05, 4.69) is 0 Å². The van der Waals surface area contributed by atoms with E-state index in [1.54, 1.807) is 19.1 Å². The standard InChI is InChI=1S/C13H17NO4/c1-9-7-13(17,8-14(9)12(15)16)10-5-3-4-6-11(10)18-2/h3-6,9,17H,7-8H2,1-2H3,(H,15,16)/t9-,13?/m1/s1. The molecule has 5 nitrogen and oxygen atoms in total. The third kappa shape index (κ3) is 2.01. The molecule has 1 aliphatic heterocycles. The average molecular weight is 251 g/mol. The molecule has 98 valence electrons. The molecule has 1 aliphatic rings. The second kappa shape index (κ2) is 4.49. The third-order valence-electron chi connectivity index (χ3n) is 3.45. The molecule has 0 aromatic heterocycles. The van der Waals surface area contributed by atoms with Crippen LogP contribution in [0.2, 0.25) is 0 Å². The van der Waals surface area contributed by atoms with Gasteiger partial charge in [-0.05, 0) is 13.0 Å². The maximum Gasteiger partial charge on any atom is 0.407 e. The van der Waals surface area contributed by atoms with Crippen molar-refractivity contribution in [1.82, 2.24) is 4.90 Å². The Balaban J connectivity index is 2.36. The molecule has 0 spiro atoms. The maximum atomic E-state index is 11.1. The number of aliphatic hydroxyl groups is 1. The number of methoxy groups -OCH3 is 1. The molecule has 1 heterocycles. The monoisotopic (exact) mass is 251 g/mol. The zero-order chi connectivity index (χ0) is 13.3. The molecule has 1 unspecified atom stereocenters. The first-order valence-corrected chi connectivity index (χ1v) is 5.83. The van der Waals surface area contributed by atoms with Gasteiger partial charge < -0.3 is 19.8 Å². The normalized spacial score (nSPS) is 27.3. The first kappa shape index (κ1) is 12.7. The molecular formula is C13H17NO4. The van der Waals surface area contributed by atoms with Crippen molar-refractivity contribution in [3.05, 3.63) is 29.8 Å². The number of hydrogen-bond acceptors (Lipinski definition) is 3. The molecule has 0 aliphatic carbocycles. The minimum Gasteiger partial charge on any atom is -0.496 e. The molecular weight excluding hydrogens is 234 g/mol. The maximum absolute atomic E-state index is 11.1. The third-order valence-corrected chi connectivity index (χ3v) is 3.45. The van der Waals surface area contributed by atoms with Gasteiger partial charge in [-0.3, -0.25) is 0 Å². The van der Waals surface area contributed by atoms with E-state index in [0.717, 1.165) is 0 Å². The van der Waals surface area contributed by atoms with E-state index in [1.165, 1.54) is 12.0 Å². The van der Waals surface area contributed by atoms with Gasteiger partial charge in [0.2, 0.25) is 0 Å². The molecule has 1 fully saturated rings. The lowest BCUT2D eigenvalue weighted by molar-refractivity contribution is 0.0434. The van der Waals surface area contributed by atoms with Crippen LogP contribution in [0.15, 0.2) is 24.3 Å². The van der Waals surface area contributed by atoms with E-state index >= 15 is 0 Å². The van der Waals surface area contributed by atoms with E-state index in [9.17, 15) is 9.90 Å². The van der Waals surface area contributed by atoms with Crippen LogP contribution in [0.5, 0.6) is 5.75 Å². The smallest absolute Gasteiger partial charge is 0.407 e. The predicted molar refractivity (Wildman–Crippen MR) is 65.7 cm³/mol. The van der Waals surface area contributed by atoms with Gasteiger partial charge in [-0.2, -0.15) is 0 Å². The number of amides is 1. The fourth-order valence-electron chi connectivity index (χ4n) is 2.58. The Hall–Kier alpha value is -1.75. The van der Waals surface area contributed by atoms with Crippen LogP contribution in [-0.2, 0) is 5.60 Å². The molecule has 1 aromatic rings. The van der Waals surface area contributed by atoms with Gasteiger partial charge in [0.1, 0.15) is 11.4 Å². The summed E-state index contributed by atoms with van der Waals surface area (Å²) in [5, 5.41) is 19.8. The lowest BCUT2D eigenvalue weighted by Gasteiger charge is -2.24. The second-order valence-electron chi connectivity index (χ2n) is 4.70. The van der Waals surface area contributed by atoms with E-state index in [1.807, 2.05) is 12.1 Å². The Labute approximate surface area is 106 Å². The summed E-state index contributed by atoms with van der Waals surface area (Å²) in [5.74, 6) is 0.583. The molecule has 18 heavy (non-hydrogen) atoms. The van der Waals surface area contributed by atoms with Gasteiger partial charge in [0.25, 0.3) is 0 Å². The summed E-state index contributed by atoms with van der Waals surface area (Å²) >= 11 is 0. The van der Waals surface area contributed by atoms with Crippen molar-refractivity contribution in [1.29, 1.82) is 0 Å². The van der Waals surface area contributed by atoms with E-state index in [0.29, 0.717) is 17.7 Å². The van der Waals surface area contributed by atoms with Crippen molar-refractivity contribution in [3.8, 4) is 5.75 Å². The van der Waals surface area contributed by atoms with Crippen molar-refractivity contribution in [2.24, 2.45) is 0 Å². The fourth-order valence-corrected chi connectivity index (χ4v) is 2.58. The molecule has 1 amide bonds. The van der Waals surface area contributed by atoms with Crippen molar-refractivity contribution in [2.45, 2.75) is 25.0 Å². The summed E-state index contributed by atoms with van der Waals surface area (Å²) in [6, 6.07) is 6.96. The second-order valence-corrected chi connectivity index (χ2v) is 4.70. The Kier molecular flexibility index (Phi) is 3.17. The number of β-amino-alcohol motifs (C(OH)–C–C–N with tert-alkyl or cyclic N) is 1. The number of ether oxygens (including phenoxy) is 1. The Morgan fingerprint density at radius 2 is 2.17 bits per heavy atom. The summed E-state index contributed by atoms with van der Waals surface area (Å²) in [6.45, 7) is 1.87. The van der Waals surface area contributed by atoms with Crippen LogP contribution in [0.3, 0.4) is 0 Å². The molecule has 0 radical (unpaired) electrons. The van der Waals surface area contributed by atoms with E-state index in [4.69, 9.17) is 9.84 Å². The number of para-hydroxylation sites is 1. The number of carboxylic acid groups (broad SMARTS) is 1. The van der Waals surface area contributed by atoms with Gasteiger partial charge in [-0.15, -0.1) is 0 Å². The zero-order valence-electron chi connectivity index (χ0n) is 10.5. The average Bonchev–Trinajstić information content (AvgIpc) is 2.66. The lowest BCUT2D eigenvalue weighted by Crippen LogP contribution is -2.35. The van der Waals surface area contributed by atoms with Crippen molar-refractivity contribution in [2.75, 3.05) is 13.7 Å². The zero-order valence-corrected chi connectivity index (χ0v) is 10.5. The van der Waals surface area contributed by atoms with Crippen LogP contribution in [0, 0.1) is 0 Å². The topological polar surface area (TPSA) is 70.0 Å². The number of carbonyl (C=O) groups is 1. The summed E-state index contributed by atoms with van der Waals surface area (Å²) in [5.41, 5.74) is -0.534. The predicted octanol–water partition coefficient (Wildman–Crippen LogP) is 1.66. The van der Waals surface area contributed by atoms with Crippen molar-refractivity contribution in [3.63, 3.8) is 0 Å². The van der Waals surface area contributed by atoms with Crippen LogP contribution in [-0.4, -0.2) is 40.9 Å². The number of hydrogen-bond donors (Lipinski definition) is 2. The van der Waals surface area contributed by atoms with Gasteiger partial charge in [-0.25, -0.2) is 4.79 Å². The van der Waals surface area contributed by atoms with E-state index in [-0.39, 0.29) is 12.6 Å². The van der Waals surface area contributed by atoms with Gasteiger partial charge >= 0.3 is 6.09 Å². The highest BCUT2D eigenvalue weighted by atomic mass is 16.5. The van der Waals surface area contributed by atoms with Gasteiger partial charge in [0, 0.05) is 18.0 Å². The van der Waals surface area contributed by atoms with Gasteiger partial charge in [0.15, 0.2) is 0 Å². The van der Waals surface area contributed by atoms with Crippen LogP contribution >= 0.6 is 0 Å². The van der Waals surface area contributed by atoms with E-state index < -0.39 is 11.7 Å². The Morgan fingerprint density at radius 3 is 2.72 bits per heavy atom. The van der Waals surface area contributed by atoms with Crippen LogP contribution < -0.4 is 4.74 Å². The van der Waals surface area contributed by atoms with Crippen molar-refractivity contribution < 1.29 is 19.7 Å². The van der Waals surface area contributed by atoms with Crippen LogP contribution in [0.25, 0.3) is 0 Å². The molecule has 2 rings (SSSR count). The number of benzene rings is 1. The summed E-state index contributed by atoms with van der Waals surface area (Å²) in [6.07, 6.45) is -0.632. The first-order chi connectivity index (χ1) is 8.48. The van der Waals surface area contributed by atoms with Crippen LogP contribution in [0.1, 0.15) is 18.9 Å². The minimum absolute atomic E-state index is 0.0733. The van der Waals surface area contributed by atoms with Crippen LogP contribution in [0.4, 0.5) is 4.79 Å². The molecule has 5 heteroatoms. The molecule has 0 saturated carbocycles. The minimum atomic E-state index is -1.18. The number of nitrogens with zero attached hydrogens (tertiary/aromatic N) is 1. The summed E-state index contributed by atoms with van der Waals surface area (Å²) in [7, 11) is 1.54. The first-order valence-electron chi connectivity index (χ1n) is 5.83. The Bertz CT molecular complexity index is 462. The molecule has 1 aromatic carbocycles. The highest BCUT2D eigenvalue weighted by molar-refractivity contribution is 5.66. The lowest BCUT2D eigenvalue weighted by atomic mass is 9.91. The largest absolute Gasteiger partial charge is 0.496 e. The highest BCUT2D eigenvalue weighted by Crippen LogP contribution is 2.39. The summed E-state index contributed by atoms with van der Waals surface area (Å²) in [4.78, 5) is 12.3. The SMILES string of the molecule is COc1ccccc1C1(O)C[C@@H](C)N(C(=O)O)C1. The fraction of sp³-hybridized carbons (Fsp3) is 0.462. The van der Waals surface area contributed by atoms with Gasteiger partial charge in [-0.1, -0.05) is 18.2 Å². The molecule has 0 bridgehead atoms. The highest BCUT2D eigenvalue weighted by Gasteiger charge is 2.45. The van der Waals surface area contributed by atoms with Gasteiger partial charge in [0.05, 0.1) is 13.7 Å². The quantitative estimate of drug-likeness (QED) is 0.838. The Morgan fingerprint density at radius 1 is 1.50 bits per heavy atom. The molecule has 1 saturated heterocycles.